The maximum atomic E-state index is 5.92. The summed E-state index contributed by atoms with van der Waals surface area (Å²) >= 11 is 0. The minimum absolute atomic E-state index is 0.808. The Balaban J connectivity index is 1.98. The highest BCUT2D eigenvalue weighted by Crippen LogP contribution is 2.35. The van der Waals surface area contributed by atoms with Crippen LogP contribution in [0.1, 0.15) is 5.56 Å². The third-order valence-electron chi connectivity index (χ3n) is 3.10. The number of hydrogen-bond donors (Lipinski definition) is 0. The second kappa shape index (κ2) is 3.52. The van der Waals surface area contributed by atoms with Gasteiger partial charge in [-0.05, 0) is 31.4 Å². The van der Waals surface area contributed by atoms with E-state index in [2.05, 4.69) is 6.92 Å². The summed E-state index contributed by atoms with van der Waals surface area (Å²) in [5, 5.41) is 0. The van der Waals surface area contributed by atoms with Gasteiger partial charge in [0.05, 0.1) is 0 Å². The van der Waals surface area contributed by atoms with Gasteiger partial charge in [-0.1, -0.05) is 12.1 Å². The molecule has 0 atom stereocenters. The molecule has 0 aliphatic carbocycles. The monoisotopic (exact) mass is 227 g/mol. The number of aromatic nitrogens is 1. The van der Waals surface area contributed by atoms with Crippen molar-refractivity contribution in [2.24, 2.45) is 0 Å². The van der Waals surface area contributed by atoms with Gasteiger partial charge >= 0.3 is 6.69 Å². The van der Waals surface area contributed by atoms with Crippen molar-refractivity contribution in [3.8, 4) is 11.5 Å². The summed E-state index contributed by atoms with van der Waals surface area (Å²) in [4.78, 5) is 0. The second-order valence-electron chi connectivity index (χ2n) is 4.54. The molecule has 0 spiro atoms. The maximum Gasteiger partial charge on any atom is 0.650 e. The lowest BCUT2D eigenvalue weighted by Gasteiger charge is -2.23. The molecule has 1 aromatic heterocycles. The number of aryl methyl sites for hydroxylation is 1. The van der Waals surface area contributed by atoms with E-state index in [4.69, 9.17) is 9.31 Å². The number of pyridine rings is 1. The summed E-state index contributed by atoms with van der Waals surface area (Å²) in [6.07, 6.45) is 3.97. The molecule has 1 aromatic carbocycles. The molecule has 0 amide bonds. The van der Waals surface area contributed by atoms with E-state index in [1.165, 1.54) is 5.56 Å². The van der Waals surface area contributed by atoms with Crippen molar-refractivity contribution in [1.29, 1.82) is 0 Å². The van der Waals surface area contributed by atoms with Crippen molar-refractivity contribution in [2.45, 2.75) is 13.7 Å². The van der Waals surface area contributed by atoms with Crippen LogP contribution >= 0.6 is 0 Å². The van der Waals surface area contributed by atoms with Crippen molar-refractivity contribution < 1.29 is 13.8 Å². The molecule has 2 aromatic rings. The highest BCUT2D eigenvalue weighted by Gasteiger charge is 2.44. The first kappa shape index (κ1) is 10.2. The van der Waals surface area contributed by atoms with Crippen LogP contribution in [0.2, 0.25) is 6.82 Å². The van der Waals surface area contributed by atoms with E-state index in [0.29, 0.717) is 0 Å². The van der Waals surface area contributed by atoms with Gasteiger partial charge in [-0.2, -0.15) is 0 Å². The number of para-hydroxylation sites is 2. The van der Waals surface area contributed by atoms with Crippen molar-refractivity contribution in [1.82, 2.24) is 0 Å². The lowest BCUT2D eigenvalue weighted by molar-refractivity contribution is -0.568. The average molecular weight is 227 g/mol. The molecular formula is C13H14BNO2. The summed E-state index contributed by atoms with van der Waals surface area (Å²) in [6.45, 7) is 2.52. The number of rotatable bonds is 1. The number of fused-ring (bicyclic) bond motifs is 1. The smallest absolute Gasteiger partial charge is 0.621 e. The zero-order valence-electron chi connectivity index (χ0n) is 9.96. The minimum atomic E-state index is -1.50. The molecule has 1 aliphatic heterocycles. The number of benzene rings is 1. The standard InChI is InChI=1S/C13H14BNO2/c1-11-7-9-15(10-8-11)14(2)16-12-5-3-4-6-13(12)17-14/h3-10H,1-2H3. The van der Waals surface area contributed by atoms with Crippen molar-refractivity contribution in [2.75, 3.05) is 0 Å². The molecule has 4 heteroatoms. The summed E-state index contributed by atoms with van der Waals surface area (Å²) in [5.41, 5.74) is 1.22. The Morgan fingerprint density at radius 1 is 0.941 bits per heavy atom. The molecule has 86 valence electrons. The minimum Gasteiger partial charge on any atom is -0.621 e. The molecule has 3 nitrogen and oxygen atoms in total. The van der Waals surface area contributed by atoms with Crippen LogP contribution in [-0.2, 0) is 0 Å². The van der Waals surface area contributed by atoms with E-state index >= 15 is 0 Å². The van der Waals surface area contributed by atoms with Crippen molar-refractivity contribution in [3.05, 3.63) is 54.4 Å². The molecule has 17 heavy (non-hydrogen) atoms. The Labute approximate surface area is 101 Å². The van der Waals surface area contributed by atoms with E-state index in [0.717, 1.165) is 11.5 Å². The molecule has 0 radical (unpaired) electrons. The molecule has 0 bridgehead atoms. The summed E-state index contributed by atoms with van der Waals surface area (Å²) in [5.74, 6) is 1.62. The van der Waals surface area contributed by atoms with Crippen LogP contribution in [0, 0.1) is 6.92 Å². The Kier molecular flexibility index (Phi) is 2.11. The third-order valence-corrected chi connectivity index (χ3v) is 3.10. The zero-order chi connectivity index (χ0) is 11.9. The second-order valence-corrected chi connectivity index (χ2v) is 4.54. The molecule has 0 unspecified atom stereocenters. The van der Waals surface area contributed by atoms with Gasteiger partial charge in [0.25, 0.3) is 0 Å². The predicted molar refractivity (Wildman–Crippen MR) is 66.1 cm³/mol. The van der Waals surface area contributed by atoms with E-state index in [1.807, 2.05) is 60.1 Å². The first-order valence-corrected chi connectivity index (χ1v) is 5.80. The molecule has 0 saturated carbocycles. The molecule has 0 fully saturated rings. The van der Waals surface area contributed by atoms with Gasteiger partial charge in [-0.25, -0.2) is 0 Å². The number of hydrogen-bond acceptors (Lipinski definition) is 2. The molecular weight excluding hydrogens is 213 g/mol. The van der Waals surface area contributed by atoms with Gasteiger partial charge < -0.3 is 13.8 Å². The molecule has 2 heterocycles. The first-order valence-electron chi connectivity index (χ1n) is 5.80. The fourth-order valence-electron chi connectivity index (χ4n) is 2.09. The lowest BCUT2D eigenvalue weighted by Crippen LogP contribution is -2.68. The number of nitrogens with zero attached hydrogens (tertiary/aromatic N) is 1. The van der Waals surface area contributed by atoms with Gasteiger partial charge in [0.2, 0.25) is 0 Å². The Bertz CT molecular complexity index is 529. The largest absolute Gasteiger partial charge is 0.650 e. The van der Waals surface area contributed by atoms with Gasteiger partial charge in [-0.3, -0.25) is 0 Å². The Morgan fingerprint density at radius 3 is 2.00 bits per heavy atom. The fraction of sp³-hybridized carbons (Fsp3) is 0.154. The summed E-state index contributed by atoms with van der Waals surface area (Å²) in [6, 6.07) is 11.8. The topological polar surface area (TPSA) is 22.3 Å². The zero-order valence-corrected chi connectivity index (χ0v) is 9.96. The quantitative estimate of drug-likeness (QED) is 0.696. The lowest BCUT2D eigenvalue weighted by atomic mass is 9.75. The highest BCUT2D eigenvalue weighted by molar-refractivity contribution is 6.59. The van der Waals surface area contributed by atoms with Gasteiger partial charge in [-0.15, -0.1) is 0 Å². The van der Waals surface area contributed by atoms with Crippen LogP contribution in [0.4, 0.5) is 0 Å². The molecule has 0 saturated heterocycles. The summed E-state index contributed by atoms with van der Waals surface area (Å²) < 4.78 is 13.8. The SMILES string of the molecule is Cc1cc[n+]([B-]2(C)Oc3ccccc3O2)cc1. The maximum absolute atomic E-state index is 5.92. The average Bonchev–Trinajstić information content (AvgIpc) is 2.67. The van der Waals surface area contributed by atoms with Crippen LogP contribution in [0.3, 0.4) is 0 Å². The van der Waals surface area contributed by atoms with Crippen LogP contribution in [-0.4, -0.2) is 6.69 Å². The van der Waals surface area contributed by atoms with E-state index < -0.39 is 6.69 Å². The van der Waals surface area contributed by atoms with Crippen molar-refractivity contribution in [3.63, 3.8) is 0 Å². The Hall–Kier alpha value is -1.97. The molecule has 0 N–H and O–H groups in total. The van der Waals surface area contributed by atoms with Crippen LogP contribution in [0.5, 0.6) is 11.5 Å². The molecule has 3 rings (SSSR count). The van der Waals surface area contributed by atoms with E-state index in [-0.39, 0.29) is 0 Å². The van der Waals surface area contributed by atoms with Crippen LogP contribution in [0.25, 0.3) is 0 Å². The van der Waals surface area contributed by atoms with Gasteiger partial charge in [0.1, 0.15) is 23.9 Å². The highest BCUT2D eigenvalue weighted by atomic mass is 16.7. The normalized spacial score (nSPS) is 15.9. The predicted octanol–water partition coefficient (Wildman–Crippen LogP) is 2.17. The van der Waals surface area contributed by atoms with Crippen LogP contribution < -0.4 is 13.8 Å². The van der Waals surface area contributed by atoms with Gasteiger partial charge in [0, 0.05) is 12.1 Å². The van der Waals surface area contributed by atoms with E-state index in [1.54, 1.807) is 0 Å². The summed E-state index contributed by atoms with van der Waals surface area (Å²) in [7, 11) is 0. The van der Waals surface area contributed by atoms with E-state index in [9.17, 15) is 0 Å². The first-order chi connectivity index (χ1) is 8.17. The Morgan fingerprint density at radius 2 is 1.47 bits per heavy atom. The van der Waals surface area contributed by atoms with Crippen LogP contribution in [0.15, 0.2) is 48.8 Å². The third kappa shape index (κ3) is 1.66. The fourth-order valence-corrected chi connectivity index (χ4v) is 2.09. The molecule has 1 aliphatic rings. The van der Waals surface area contributed by atoms with Crippen molar-refractivity contribution >= 4 is 6.69 Å². The van der Waals surface area contributed by atoms with Gasteiger partial charge in [0.15, 0.2) is 0 Å².